The van der Waals surface area contributed by atoms with Crippen molar-refractivity contribution in [1.29, 1.82) is 0 Å². The van der Waals surface area contributed by atoms with Crippen molar-refractivity contribution in [2.24, 2.45) is 0 Å². The summed E-state index contributed by atoms with van der Waals surface area (Å²) >= 11 is 6.06. The van der Waals surface area contributed by atoms with E-state index in [4.69, 9.17) is 16.3 Å². The van der Waals surface area contributed by atoms with Crippen LogP contribution in [0.3, 0.4) is 0 Å². The molecular formula is C13H13ClN2O2. The zero-order valence-electron chi connectivity index (χ0n) is 10.2. The number of hydrogen-bond donors (Lipinski definition) is 0. The number of carbonyl (C=O) groups excluding carboxylic acids is 1. The summed E-state index contributed by atoms with van der Waals surface area (Å²) < 4.78 is 6.75. The van der Waals surface area contributed by atoms with E-state index in [1.807, 2.05) is 28.8 Å². The Morgan fingerprint density at radius 2 is 2.33 bits per heavy atom. The molecule has 0 saturated heterocycles. The summed E-state index contributed by atoms with van der Waals surface area (Å²) in [6.45, 7) is 3.81. The number of esters is 1. The number of fused-ring (bicyclic) bond motifs is 1. The smallest absolute Gasteiger partial charge is 0.333 e. The highest BCUT2D eigenvalue weighted by Crippen LogP contribution is 2.20. The van der Waals surface area contributed by atoms with Crippen LogP contribution in [0, 0.1) is 0 Å². The van der Waals surface area contributed by atoms with E-state index >= 15 is 0 Å². The van der Waals surface area contributed by atoms with Crippen LogP contribution in [0.2, 0.25) is 5.15 Å². The Labute approximate surface area is 110 Å². The molecule has 0 aliphatic carbocycles. The molecule has 0 fully saturated rings. The lowest BCUT2D eigenvalue weighted by Crippen LogP contribution is -2.05. The van der Waals surface area contributed by atoms with E-state index in [1.165, 1.54) is 0 Å². The number of pyridine rings is 1. The second-order valence-corrected chi connectivity index (χ2v) is 4.12. The summed E-state index contributed by atoms with van der Waals surface area (Å²) in [6, 6.07) is 5.61. The summed E-state index contributed by atoms with van der Waals surface area (Å²) in [6.07, 6.45) is 3.53. The Bertz CT molecular complexity index is 616. The van der Waals surface area contributed by atoms with Gasteiger partial charge in [-0.2, -0.15) is 0 Å². The van der Waals surface area contributed by atoms with E-state index in [9.17, 15) is 4.79 Å². The Hall–Kier alpha value is -1.81. The lowest BCUT2D eigenvalue weighted by atomic mass is 10.2. The molecule has 0 unspecified atom stereocenters. The third kappa shape index (κ3) is 2.38. The minimum Gasteiger partial charge on any atom is -0.463 e. The molecule has 0 radical (unpaired) electrons. The largest absolute Gasteiger partial charge is 0.463 e. The number of ether oxygens (including phenoxy) is 1. The fourth-order valence-corrected chi connectivity index (χ4v) is 1.86. The molecule has 2 aromatic heterocycles. The molecule has 0 aliphatic heterocycles. The molecule has 94 valence electrons. The number of aromatic nitrogens is 2. The van der Waals surface area contributed by atoms with Crippen LogP contribution < -0.4 is 0 Å². The summed E-state index contributed by atoms with van der Waals surface area (Å²) in [4.78, 5) is 15.8. The highest BCUT2D eigenvalue weighted by atomic mass is 35.5. The topological polar surface area (TPSA) is 43.6 Å². The Morgan fingerprint density at radius 1 is 1.56 bits per heavy atom. The Kier molecular flexibility index (Phi) is 3.67. The Morgan fingerprint density at radius 3 is 3.06 bits per heavy atom. The van der Waals surface area contributed by atoms with Gasteiger partial charge in [-0.1, -0.05) is 17.7 Å². The Balaban J connectivity index is 2.45. The standard InChI is InChI=1S/C13H13ClN2O2/c1-3-18-13(17)9(2)8-10-12(14)15-11-6-4-5-7-16(10)11/h4-8H,3H2,1-2H3/b9-8+. The van der Waals surface area contributed by atoms with E-state index in [0.29, 0.717) is 23.0 Å². The lowest BCUT2D eigenvalue weighted by molar-refractivity contribution is -0.138. The van der Waals surface area contributed by atoms with Gasteiger partial charge in [0, 0.05) is 11.8 Å². The molecule has 0 spiro atoms. The van der Waals surface area contributed by atoms with Crippen molar-refractivity contribution in [2.45, 2.75) is 13.8 Å². The number of rotatable bonds is 3. The zero-order valence-corrected chi connectivity index (χ0v) is 10.9. The fraction of sp³-hybridized carbons (Fsp3) is 0.231. The predicted molar refractivity (Wildman–Crippen MR) is 70.5 cm³/mol. The molecule has 0 amide bonds. The molecule has 0 aromatic carbocycles. The van der Waals surface area contributed by atoms with Crippen molar-refractivity contribution in [3.05, 3.63) is 40.8 Å². The monoisotopic (exact) mass is 264 g/mol. The van der Waals surface area contributed by atoms with Crippen LogP contribution in [0.5, 0.6) is 0 Å². The van der Waals surface area contributed by atoms with Gasteiger partial charge in [0.2, 0.25) is 0 Å². The fourth-order valence-electron chi connectivity index (χ4n) is 1.62. The maximum atomic E-state index is 11.6. The average Bonchev–Trinajstić information content (AvgIpc) is 2.66. The van der Waals surface area contributed by atoms with Gasteiger partial charge in [0.1, 0.15) is 5.65 Å². The van der Waals surface area contributed by atoms with E-state index in [-0.39, 0.29) is 5.97 Å². The van der Waals surface area contributed by atoms with Gasteiger partial charge in [0.15, 0.2) is 5.15 Å². The lowest BCUT2D eigenvalue weighted by Gasteiger charge is -2.02. The van der Waals surface area contributed by atoms with Gasteiger partial charge in [-0.25, -0.2) is 9.78 Å². The summed E-state index contributed by atoms with van der Waals surface area (Å²) in [5.41, 5.74) is 1.91. The van der Waals surface area contributed by atoms with Crippen LogP contribution >= 0.6 is 11.6 Å². The molecule has 0 aliphatic rings. The van der Waals surface area contributed by atoms with Gasteiger partial charge in [0.25, 0.3) is 0 Å². The maximum absolute atomic E-state index is 11.6. The van der Waals surface area contributed by atoms with Crippen LogP contribution in [0.4, 0.5) is 0 Å². The van der Waals surface area contributed by atoms with E-state index in [2.05, 4.69) is 4.98 Å². The van der Waals surface area contributed by atoms with Gasteiger partial charge < -0.3 is 4.74 Å². The average molecular weight is 265 g/mol. The van der Waals surface area contributed by atoms with Crippen molar-refractivity contribution in [3.8, 4) is 0 Å². The van der Waals surface area contributed by atoms with Crippen LogP contribution in [0.1, 0.15) is 19.5 Å². The highest BCUT2D eigenvalue weighted by molar-refractivity contribution is 6.31. The summed E-state index contributed by atoms with van der Waals surface area (Å²) in [5, 5.41) is 0.366. The number of halogens is 1. The predicted octanol–water partition coefficient (Wildman–Crippen LogP) is 2.95. The SMILES string of the molecule is CCOC(=O)/C(C)=C/c1c(Cl)nc2ccccn12. The molecule has 18 heavy (non-hydrogen) atoms. The molecule has 0 bridgehead atoms. The quantitative estimate of drug-likeness (QED) is 0.632. The molecule has 2 rings (SSSR count). The second kappa shape index (κ2) is 5.23. The highest BCUT2D eigenvalue weighted by Gasteiger charge is 2.11. The van der Waals surface area contributed by atoms with Crippen LogP contribution in [-0.4, -0.2) is 22.0 Å². The molecule has 2 heterocycles. The van der Waals surface area contributed by atoms with E-state index < -0.39 is 0 Å². The van der Waals surface area contributed by atoms with Gasteiger partial charge >= 0.3 is 5.97 Å². The number of nitrogens with zero attached hydrogens (tertiary/aromatic N) is 2. The van der Waals surface area contributed by atoms with E-state index in [0.717, 1.165) is 5.65 Å². The normalized spacial score (nSPS) is 11.8. The van der Waals surface area contributed by atoms with E-state index in [1.54, 1.807) is 19.9 Å². The van der Waals surface area contributed by atoms with Crippen LogP contribution in [0.15, 0.2) is 30.0 Å². The first-order valence-electron chi connectivity index (χ1n) is 5.61. The van der Waals surface area contributed by atoms with Crippen molar-refractivity contribution in [3.63, 3.8) is 0 Å². The van der Waals surface area contributed by atoms with Gasteiger partial charge in [0.05, 0.1) is 12.3 Å². The number of hydrogen-bond acceptors (Lipinski definition) is 3. The first kappa shape index (κ1) is 12.6. The first-order valence-corrected chi connectivity index (χ1v) is 5.99. The molecule has 2 aromatic rings. The molecule has 5 heteroatoms. The maximum Gasteiger partial charge on any atom is 0.333 e. The van der Waals surface area contributed by atoms with Gasteiger partial charge in [-0.05, 0) is 32.1 Å². The summed E-state index contributed by atoms with van der Waals surface area (Å²) in [5.74, 6) is -0.348. The molecule has 4 nitrogen and oxygen atoms in total. The van der Waals surface area contributed by atoms with Crippen molar-refractivity contribution in [1.82, 2.24) is 9.38 Å². The van der Waals surface area contributed by atoms with Crippen molar-refractivity contribution in [2.75, 3.05) is 6.61 Å². The van der Waals surface area contributed by atoms with Crippen molar-refractivity contribution < 1.29 is 9.53 Å². The number of carbonyl (C=O) groups is 1. The minimum atomic E-state index is -0.348. The second-order valence-electron chi connectivity index (χ2n) is 3.76. The summed E-state index contributed by atoms with van der Waals surface area (Å²) in [7, 11) is 0. The molecular weight excluding hydrogens is 252 g/mol. The third-order valence-electron chi connectivity index (χ3n) is 2.47. The third-order valence-corrected chi connectivity index (χ3v) is 2.75. The zero-order chi connectivity index (χ0) is 13.1. The first-order chi connectivity index (χ1) is 8.63. The molecule has 0 atom stereocenters. The minimum absolute atomic E-state index is 0.348. The number of imidazole rings is 1. The van der Waals surface area contributed by atoms with Crippen molar-refractivity contribution >= 4 is 29.3 Å². The van der Waals surface area contributed by atoms with Crippen LogP contribution in [0.25, 0.3) is 11.7 Å². The van der Waals surface area contributed by atoms with Gasteiger partial charge in [-0.15, -0.1) is 0 Å². The van der Waals surface area contributed by atoms with Gasteiger partial charge in [-0.3, -0.25) is 4.40 Å². The van der Waals surface area contributed by atoms with Crippen LogP contribution in [-0.2, 0) is 9.53 Å². The molecule has 0 saturated carbocycles. The molecule has 0 N–H and O–H groups in total.